The molecule has 142 valence electrons. The lowest BCUT2D eigenvalue weighted by atomic mass is 10.2. The Morgan fingerprint density at radius 2 is 1.70 bits per heavy atom. The second kappa shape index (κ2) is 8.26. The number of rotatable bonds is 6. The highest BCUT2D eigenvalue weighted by atomic mass is 32.1. The summed E-state index contributed by atoms with van der Waals surface area (Å²) >= 11 is 1.41. The summed E-state index contributed by atoms with van der Waals surface area (Å²) in [5.74, 6) is 1.88. The maximum Gasteiger partial charge on any atom is 0.279 e. The van der Waals surface area contributed by atoms with Crippen molar-refractivity contribution in [1.82, 2.24) is 4.57 Å². The standard InChI is InChI=1S/C20H22N2O4S/c1-5-22-17-15(24-3)11-12-16(25-4)18(17)27-20(22)21-19(23)13-7-9-14(10-8-13)26-6-2/h7-12H,5-6H2,1-4H3. The zero-order chi connectivity index (χ0) is 19.4. The van der Waals surface area contributed by atoms with Gasteiger partial charge in [0.15, 0.2) is 4.80 Å². The van der Waals surface area contributed by atoms with E-state index in [1.165, 1.54) is 11.3 Å². The SMILES string of the molecule is CCOc1ccc(C(=O)N=c2sc3c(OC)ccc(OC)c3n2CC)cc1. The summed E-state index contributed by atoms with van der Waals surface area (Å²) < 4.78 is 19.2. The Balaban J connectivity index is 2.11. The van der Waals surface area contributed by atoms with Gasteiger partial charge in [0.25, 0.3) is 5.91 Å². The lowest BCUT2D eigenvalue weighted by molar-refractivity contribution is 0.0998. The van der Waals surface area contributed by atoms with E-state index in [0.717, 1.165) is 27.5 Å². The molecule has 0 saturated heterocycles. The van der Waals surface area contributed by atoms with Gasteiger partial charge in [-0.2, -0.15) is 4.99 Å². The van der Waals surface area contributed by atoms with E-state index in [2.05, 4.69) is 4.99 Å². The maximum absolute atomic E-state index is 12.7. The minimum atomic E-state index is -0.301. The predicted octanol–water partition coefficient (Wildman–Crippen LogP) is 3.88. The number of aromatic nitrogens is 1. The number of hydrogen-bond donors (Lipinski definition) is 0. The van der Waals surface area contributed by atoms with E-state index >= 15 is 0 Å². The third-order valence-corrected chi connectivity index (χ3v) is 5.21. The van der Waals surface area contributed by atoms with Gasteiger partial charge < -0.3 is 18.8 Å². The molecule has 0 unspecified atom stereocenters. The normalized spacial score (nSPS) is 11.6. The number of hydrogen-bond acceptors (Lipinski definition) is 5. The van der Waals surface area contributed by atoms with Crippen LogP contribution in [0.25, 0.3) is 10.2 Å². The smallest absolute Gasteiger partial charge is 0.279 e. The monoisotopic (exact) mass is 386 g/mol. The molecule has 3 rings (SSSR count). The van der Waals surface area contributed by atoms with Gasteiger partial charge in [-0.15, -0.1) is 0 Å². The predicted molar refractivity (Wildman–Crippen MR) is 106 cm³/mol. The zero-order valence-corrected chi connectivity index (χ0v) is 16.6. The van der Waals surface area contributed by atoms with Crippen molar-refractivity contribution < 1.29 is 19.0 Å². The van der Waals surface area contributed by atoms with Gasteiger partial charge in [-0.3, -0.25) is 4.79 Å². The summed E-state index contributed by atoms with van der Waals surface area (Å²) in [5.41, 5.74) is 1.39. The number of methoxy groups -OCH3 is 2. The van der Waals surface area contributed by atoms with E-state index in [1.54, 1.807) is 38.5 Å². The van der Waals surface area contributed by atoms with Crippen LogP contribution >= 0.6 is 11.3 Å². The first-order valence-electron chi connectivity index (χ1n) is 8.69. The van der Waals surface area contributed by atoms with E-state index in [-0.39, 0.29) is 5.91 Å². The number of aryl methyl sites for hydroxylation is 1. The van der Waals surface area contributed by atoms with Crippen LogP contribution in [0.3, 0.4) is 0 Å². The van der Waals surface area contributed by atoms with E-state index in [0.29, 0.717) is 23.5 Å². The second-order valence-corrected chi connectivity index (χ2v) is 6.63. The van der Waals surface area contributed by atoms with Crippen LogP contribution in [0.5, 0.6) is 17.2 Å². The molecule has 27 heavy (non-hydrogen) atoms. The highest BCUT2D eigenvalue weighted by Gasteiger charge is 2.16. The fraction of sp³-hybridized carbons (Fsp3) is 0.300. The first-order chi connectivity index (χ1) is 13.1. The number of benzene rings is 2. The van der Waals surface area contributed by atoms with Crippen molar-refractivity contribution in [3.8, 4) is 17.2 Å². The first kappa shape index (κ1) is 19.0. The van der Waals surface area contributed by atoms with E-state index in [1.807, 2.05) is 30.5 Å². The highest BCUT2D eigenvalue weighted by molar-refractivity contribution is 7.16. The van der Waals surface area contributed by atoms with Crippen LogP contribution in [0, 0.1) is 0 Å². The van der Waals surface area contributed by atoms with Crippen molar-refractivity contribution in [1.29, 1.82) is 0 Å². The molecule has 0 N–H and O–H groups in total. The zero-order valence-electron chi connectivity index (χ0n) is 15.8. The van der Waals surface area contributed by atoms with Crippen LogP contribution in [0.2, 0.25) is 0 Å². The lowest BCUT2D eigenvalue weighted by Gasteiger charge is -2.08. The maximum atomic E-state index is 12.7. The average molecular weight is 386 g/mol. The van der Waals surface area contributed by atoms with Crippen molar-refractivity contribution in [3.63, 3.8) is 0 Å². The lowest BCUT2D eigenvalue weighted by Crippen LogP contribution is -2.16. The van der Waals surface area contributed by atoms with Gasteiger partial charge in [-0.25, -0.2) is 0 Å². The topological polar surface area (TPSA) is 62.1 Å². The highest BCUT2D eigenvalue weighted by Crippen LogP contribution is 2.35. The van der Waals surface area contributed by atoms with Crippen LogP contribution in [0.1, 0.15) is 24.2 Å². The number of nitrogens with zero attached hydrogens (tertiary/aromatic N) is 2. The molecule has 0 aliphatic carbocycles. The third-order valence-electron chi connectivity index (χ3n) is 4.12. The Kier molecular flexibility index (Phi) is 5.81. The molecule has 0 spiro atoms. The minimum Gasteiger partial charge on any atom is -0.495 e. The van der Waals surface area contributed by atoms with Gasteiger partial charge in [0.2, 0.25) is 0 Å². The van der Waals surface area contributed by atoms with Crippen molar-refractivity contribution in [3.05, 3.63) is 46.8 Å². The average Bonchev–Trinajstić information content (AvgIpc) is 3.06. The van der Waals surface area contributed by atoms with Gasteiger partial charge >= 0.3 is 0 Å². The Morgan fingerprint density at radius 3 is 2.30 bits per heavy atom. The van der Waals surface area contributed by atoms with Gasteiger partial charge in [-0.05, 0) is 50.2 Å². The molecule has 0 aliphatic heterocycles. The van der Waals surface area contributed by atoms with Crippen LogP contribution in [0.4, 0.5) is 0 Å². The van der Waals surface area contributed by atoms with Crippen molar-refractivity contribution >= 4 is 27.5 Å². The van der Waals surface area contributed by atoms with Gasteiger partial charge in [0, 0.05) is 12.1 Å². The van der Waals surface area contributed by atoms with Crippen LogP contribution in [-0.2, 0) is 6.54 Å². The molecule has 0 aliphatic rings. The third kappa shape index (κ3) is 3.68. The van der Waals surface area contributed by atoms with Crippen LogP contribution < -0.4 is 19.0 Å². The fourth-order valence-corrected chi connectivity index (χ4v) is 4.05. The van der Waals surface area contributed by atoms with E-state index in [4.69, 9.17) is 14.2 Å². The van der Waals surface area contributed by atoms with Gasteiger partial charge in [0.1, 0.15) is 27.5 Å². The molecule has 0 saturated carbocycles. The number of carbonyl (C=O) groups excluding carboxylic acids is 1. The molecule has 2 aromatic carbocycles. The summed E-state index contributed by atoms with van der Waals surface area (Å²) in [5, 5.41) is 0. The summed E-state index contributed by atoms with van der Waals surface area (Å²) in [6.07, 6.45) is 0. The van der Waals surface area contributed by atoms with Crippen molar-refractivity contribution in [2.75, 3.05) is 20.8 Å². The van der Waals surface area contributed by atoms with Gasteiger partial charge in [-0.1, -0.05) is 11.3 Å². The molecule has 1 amide bonds. The molecule has 3 aromatic rings. The molecular formula is C20H22N2O4S. The fourth-order valence-electron chi connectivity index (χ4n) is 2.84. The van der Waals surface area contributed by atoms with E-state index in [9.17, 15) is 4.79 Å². The Morgan fingerprint density at radius 1 is 1.04 bits per heavy atom. The van der Waals surface area contributed by atoms with E-state index < -0.39 is 0 Å². The summed E-state index contributed by atoms with van der Waals surface area (Å²) in [6, 6.07) is 10.7. The summed E-state index contributed by atoms with van der Waals surface area (Å²) in [6.45, 7) is 5.16. The molecule has 0 fully saturated rings. The number of carbonyl (C=O) groups is 1. The molecule has 7 heteroatoms. The number of amides is 1. The molecule has 1 aromatic heterocycles. The molecular weight excluding hydrogens is 364 g/mol. The Labute approximate surface area is 161 Å². The Hall–Kier alpha value is -2.80. The van der Waals surface area contributed by atoms with Crippen molar-refractivity contribution in [2.24, 2.45) is 4.99 Å². The number of fused-ring (bicyclic) bond motifs is 1. The molecule has 6 nitrogen and oxygen atoms in total. The molecule has 1 heterocycles. The summed E-state index contributed by atoms with van der Waals surface area (Å²) in [7, 11) is 3.25. The van der Waals surface area contributed by atoms with Crippen LogP contribution in [0.15, 0.2) is 41.4 Å². The Bertz CT molecular complexity index is 1020. The largest absolute Gasteiger partial charge is 0.495 e. The van der Waals surface area contributed by atoms with Gasteiger partial charge in [0.05, 0.1) is 20.8 Å². The summed E-state index contributed by atoms with van der Waals surface area (Å²) in [4.78, 5) is 17.6. The first-order valence-corrected chi connectivity index (χ1v) is 9.50. The number of ether oxygens (including phenoxy) is 3. The molecule has 0 radical (unpaired) electrons. The molecule has 0 bridgehead atoms. The molecule has 0 atom stereocenters. The number of thiazole rings is 1. The minimum absolute atomic E-state index is 0.301. The second-order valence-electron chi connectivity index (χ2n) is 5.65. The van der Waals surface area contributed by atoms with Crippen molar-refractivity contribution in [2.45, 2.75) is 20.4 Å². The quantitative estimate of drug-likeness (QED) is 0.645. The van der Waals surface area contributed by atoms with Crippen LogP contribution in [-0.4, -0.2) is 31.3 Å².